The summed E-state index contributed by atoms with van der Waals surface area (Å²) in [4.78, 5) is 17.3. The molecule has 1 aromatic rings. The van der Waals surface area contributed by atoms with Crippen LogP contribution in [0, 0.1) is 0 Å². The molecule has 7 nitrogen and oxygen atoms in total. The average Bonchev–Trinajstić information content (AvgIpc) is 2.83. The second-order valence-electron chi connectivity index (χ2n) is 6.95. The maximum Gasteiger partial charge on any atom is 0.270 e. The van der Waals surface area contributed by atoms with Gasteiger partial charge in [-0.3, -0.25) is 9.69 Å². The van der Waals surface area contributed by atoms with Crippen molar-refractivity contribution >= 4 is 15.9 Å². The van der Waals surface area contributed by atoms with Crippen molar-refractivity contribution in [1.29, 1.82) is 0 Å². The number of aromatic nitrogens is 1. The third-order valence-corrected chi connectivity index (χ3v) is 6.34. The number of piperazine rings is 1. The molecule has 3 rings (SSSR count). The number of carbonyl (C=O) groups excluding carboxylic acids is 1. The minimum absolute atomic E-state index is 0.0650. The van der Waals surface area contributed by atoms with Crippen LogP contribution in [0.15, 0.2) is 12.1 Å². The molecular weight excluding hydrogens is 340 g/mol. The third kappa shape index (κ3) is 4.07. The summed E-state index contributed by atoms with van der Waals surface area (Å²) in [6.07, 6.45) is 3.10. The van der Waals surface area contributed by atoms with Crippen LogP contribution in [0.4, 0.5) is 0 Å². The first-order valence-electron chi connectivity index (χ1n) is 9.05. The van der Waals surface area contributed by atoms with E-state index >= 15 is 0 Å². The number of nitrogens with zero attached hydrogens (tertiary/aromatic N) is 4. The Labute approximate surface area is 150 Å². The minimum atomic E-state index is -3.22. The number of sulfonamides is 1. The van der Waals surface area contributed by atoms with Crippen molar-refractivity contribution in [3.8, 4) is 0 Å². The molecule has 140 valence electrons. The lowest BCUT2D eigenvalue weighted by atomic mass is 10.2. The first-order chi connectivity index (χ1) is 11.9. The molecule has 2 aliphatic rings. The number of carbonyl (C=O) groups is 1. The van der Waals surface area contributed by atoms with Crippen molar-refractivity contribution in [2.45, 2.75) is 32.9 Å². The summed E-state index contributed by atoms with van der Waals surface area (Å²) in [6, 6.07) is 3.74. The molecule has 0 saturated carbocycles. The Hall–Kier alpha value is -1.38. The number of hydrogen-bond acceptors (Lipinski definition) is 4. The minimum Gasteiger partial charge on any atom is -0.339 e. The molecule has 0 atom stereocenters. The van der Waals surface area contributed by atoms with Gasteiger partial charge in [0.2, 0.25) is 10.0 Å². The summed E-state index contributed by atoms with van der Waals surface area (Å²) >= 11 is 0. The Morgan fingerprint density at radius 2 is 1.80 bits per heavy atom. The van der Waals surface area contributed by atoms with Gasteiger partial charge in [-0.25, -0.2) is 8.42 Å². The second-order valence-corrected chi connectivity index (χ2v) is 8.93. The largest absolute Gasteiger partial charge is 0.339 e. The van der Waals surface area contributed by atoms with E-state index in [4.69, 9.17) is 0 Å². The number of hydrogen-bond donors (Lipinski definition) is 0. The lowest BCUT2D eigenvalue weighted by molar-refractivity contribution is 0.0626. The van der Waals surface area contributed by atoms with E-state index in [0.717, 1.165) is 51.3 Å². The Bertz CT molecular complexity index is 720. The zero-order valence-corrected chi connectivity index (χ0v) is 16.0. The molecule has 1 fully saturated rings. The summed E-state index contributed by atoms with van der Waals surface area (Å²) in [7, 11) is -3.22. The lowest BCUT2D eigenvalue weighted by Gasteiger charge is -2.34. The monoisotopic (exact) mass is 368 g/mol. The van der Waals surface area contributed by atoms with E-state index < -0.39 is 10.0 Å². The van der Waals surface area contributed by atoms with Crippen molar-refractivity contribution in [2.24, 2.45) is 0 Å². The molecule has 0 N–H and O–H groups in total. The molecule has 0 aromatic carbocycles. The van der Waals surface area contributed by atoms with E-state index in [1.54, 1.807) is 0 Å². The molecule has 0 aliphatic carbocycles. The van der Waals surface area contributed by atoms with Gasteiger partial charge in [-0.1, -0.05) is 6.92 Å². The zero-order chi connectivity index (χ0) is 18.0. The highest BCUT2D eigenvalue weighted by Crippen LogP contribution is 2.20. The molecule has 1 saturated heterocycles. The highest BCUT2D eigenvalue weighted by Gasteiger charge is 2.27. The lowest BCUT2D eigenvalue weighted by Crippen LogP contribution is -2.49. The summed E-state index contributed by atoms with van der Waals surface area (Å²) in [5, 5.41) is 0. The molecule has 0 bridgehead atoms. The standard InChI is InChI=1S/C17H28N4O3S/c1-3-7-18-10-12-19(13-11-18)17(22)16-6-5-15-14-20(25(2,23)24)8-4-9-21(15)16/h5-6H,3-4,7-14H2,1-2H3. The fraction of sp³-hybridized carbons (Fsp3) is 0.706. The smallest absolute Gasteiger partial charge is 0.270 e. The summed E-state index contributed by atoms with van der Waals surface area (Å²) in [5.74, 6) is 0.0650. The van der Waals surface area contributed by atoms with Crippen LogP contribution in [-0.4, -0.2) is 78.5 Å². The first kappa shape index (κ1) is 18.4. The van der Waals surface area contributed by atoms with Gasteiger partial charge >= 0.3 is 0 Å². The van der Waals surface area contributed by atoms with Crippen LogP contribution < -0.4 is 0 Å². The first-order valence-corrected chi connectivity index (χ1v) is 10.9. The fourth-order valence-electron chi connectivity index (χ4n) is 3.70. The van der Waals surface area contributed by atoms with Gasteiger partial charge in [0.15, 0.2) is 0 Å². The van der Waals surface area contributed by atoms with Gasteiger partial charge in [0.25, 0.3) is 5.91 Å². The van der Waals surface area contributed by atoms with E-state index in [1.165, 1.54) is 10.6 Å². The second kappa shape index (κ2) is 7.47. The topological polar surface area (TPSA) is 65.9 Å². The van der Waals surface area contributed by atoms with Gasteiger partial charge < -0.3 is 9.47 Å². The predicted octanol–water partition coefficient (Wildman–Crippen LogP) is 0.821. The molecule has 8 heteroatoms. The SMILES string of the molecule is CCCN1CCN(C(=O)c2ccc3n2CCCN(S(C)(=O)=O)C3)CC1. The number of rotatable bonds is 4. The molecular formula is C17H28N4O3S. The fourth-order valence-corrected chi connectivity index (χ4v) is 4.53. The Balaban J connectivity index is 1.73. The Morgan fingerprint density at radius 1 is 1.08 bits per heavy atom. The van der Waals surface area contributed by atoms with Gasteiger partial charge in [0.1, 0.15) is 5.69 Å². The Kier molecular flexibility index (Phi) is 5.50. The van der Waals surface area contributed by atoms with Crippen molar-refractivity contribution in [2.75, 3.05) is 45.5 Å². The highest BCUT2D eigenvalue weighted by molar-refractivity contribution is 7.88. The van der Waals surface area contributed by atoms with Crippen molar-refractivity contribution in [1.82, 2.24) is 18.7 Å². The molecule has 0 radical (unpaired) electrons. The van der Waals surface area contributed by atoms with Gasteiger partial charge in [0, 0.05) is 45.0 Å². The van der Waals surface area contributed by atoms with Crippen LogP contribution >= 0.6 is 0 Å². The van der Waals surface area contributed by atoms with Gasteiger partial charge in [-0.05, 0) is 31.5 Å². The molecule has 0 unspecified atom stereocenters. The van der Waals surface area contributed by atoms with E-state index in [0.29, 0.717) is 25.3 Å². The van der Waals surface area contributed by atoms with E-state index in [-0.39, 0.29) is 5.91 Å². The number of amides is 1. The molecule has 1 amide bonds. The molecule has 2 aliphatic heterocycles. The van der Waals surface area contributed by atoms with Crippen LogP contribution in [-0.2, 0) is 23.1 Å². The van der Waals surface area contributed by atoms with Crippen LogP contribution in [0.1, 0.15) is 35.9 Å². The van der Waals surface area contributed by atoms with E-state index in [2.05, 4.69) is 11.8 Å². The van der Waals surface area contributed by atoms with Crippen LogP contribution in [0.5, 0.6) is 0 Å². The van der Waals surface area contributed by atoms with Gasteiger partial charge in [-0.15, -0.1) is 0 Å². The Morgan fingerprint density at radius 3 is 2.44 bits per heavy atom. The summed E-state index contributed by atoms with van der Waals surface area (Å²) in [5.41, 5.74) is 1.59. The van der Waals surface area contributed by atoms with E-state index in [9.17, 15) is 13.2 Å². The predicted molar refractivity (Wildman–Crippen MR) is 96.9 cm³/mol. The van der Waals surface area contributed by atoms with Crippen molar-refractivity contribution in [3.63, 3.8) is 0 Å². The summed E-state index contributed by atoms with van der Waals surface area (Å²) in [6.45, 7) is 8.16. The molecule has 1 aromatic heterocycles. The molecule has 0 spiro atoms. The quantitative estimate of drug-likeness (QED) is 0.789. The van der Waals surface area contributed by atoms with Crippen LogP contribution in [0.2, 0.25) is 0 Å². The third-order valence-electron chi connectivity index (χ3n) is 5.09. The maximum absolute atomic E-state index is 12.9. The maximum atomic E-state index is 12.9. The van der Waals surface area contributed by atoms with Crippen LogP contribution in [0.25, 0.3) is 0 Å². The molecule has 3 heterocycles. The number of fused-ring (bicyclic) bond motifs is 1. The van der Waals surface area contributed by atoms with Crippen molar-refractivity contribution in [3.05, 3.63) is 23.5 Å². The summed E-state index contributed by atoms with van der Waals surface area (Å²) < 4.78 is 27.2. The normalized spacial score (nSPS) is 20.3. The molecule has 25 heavy (non-hydrogen) atoms. The van der Waals surface area contributed by atoms with Gasteiger partial charge in [-0.2, -0.15) is 4.31 Å². The van der Waals surface area contributed by atoms with Crippen LogP contribution in [0.3, 0.4) is 0 Å². The van der Waals surface area contributed by atoms with E-state index in [1.807, 2.05) is 21.6 Å². The van der Waals surface area contributed by atoms with Gasteiger partial charge in [0.05, 0.1) is 12.8 Å². The van der Waals surface area contributed by atoms with Crippen molar-refractivity contribution < 1.29 is 13.2 Å². The average molecular weight is 369 g/mol. The highest BCUT2D eigenvalue weighted by atomic mass is 32.2. The zero-order valence-electron chi connectivity index (χ0n) is 15.1.